The van der Waals surface area contributed by atoms with Crippen molar-refractivity contribution in [3.05, 3.63) is 58.0 Å². The fraction of sp³-hybridized carbons (Fsp3) is 0.333. The normalized spacial score (nSPS) is 16.3. The first kappa shape index (κ1) is 22.4. The zero-order chi connectivity index (χ0) is 21.8. The Morgan fingerprint density at radius 2 is 1.87 bits per heavy atom. The highest BCUT2D eigenvalue weighted by molar-refractivity contribution is 8.27. The smallest absolute Gasteiger partial charge is 0.270 e. The van der Waals surface area contributed by atoms with E-state index in [4.69, 9.17) is 21.7 Å². The second kappa shape index (κ2) is 9.67. The molecule has 0 aliphatic carbocycles. The van der Waals surface area contributed by atoms with Crippen LogP contribution in [0.3, 0.4) is 0 Å². The number of ether oxygens (including phenoxy) is 2. The van der Waals surface area contributed by atoms with Crippen LogP contribution in [-0.4, -0.2) is 22.9 Å². The molecule has 2 aromatic carbocycles. The number of anilines is 1. The number of amides is 1. The van der Waals surface area contributed by atoms with Gasteiger partial charge in [-0.3, -0.25) is 9.69 Å². The van der Waals surface area contributed by atoms with Gasteiger partial charge in [0.05, 0.1) is 23.3 Å². The van der Waals surface area contributed by atoms with Gasteiger partial charge in [0.25, 0.3) is 5.91 Å². The number of thiocarbonyl (C=S) groups is 1. The van der Waals surface area contributed by atoms with E-state index in [1.807, 2.05) is 70.2 Å². The van der Waals surface area contributed by atoms with E-state index in [0.717, 1.165) is 23.2 Å². The molecule has 6 heteroatoms. The maximum absolute atomic E-state index is 13.1. The monoisotopic (exact) mass is 441 g/mol. The number of hydrogen-bond donors (Lipinski definition) is 0. The molecule has 1 fully saturated rings. The molecule has 0 N–H and O–H groups in total. The number of nitrogens with zero attached hydrogens (tertiary/aromatic N) is 1. The average Bonchev–Trinajstić information content (AvgIpc) is 2.99. The Labute approximate surface area is 188 Å². The number of aryl methyl sites for hydroxylation is 2. The summed E-state index contributed by atoms with van der Waals surface area (Å²) in [6.45, 7) is 10.7. The third kappa shape index (κ3) is 4.87. The van der Waals surface area contributed by atoms with Crippen LogP contribution in [-0.2, 0) is 4.79 Å². The minimum atomic E-state index is -0.105. The van der Waals surface area contributed by atoms with Crippen LogP contribution in [0.1, 0.15) is 43.9 Å². The molecule has 4 nitrogen and oxygen atoms in total. The largest absolute Gasteiger partial charge is 0.490 e. The van der Waals surface area contributed by atoms with Crippen LogP contribution in [0.2, 0.25) is 0 Å². The molecule has 0 bridgehead atoms. The van der Waals surface area contributed by atoms with Crippen molar-refractivity contribution in [2.75, 3.05) is 11.5 Å². The Morgan fingerprint density at radius 3 is 2.53 bits per heavy atom. The van der Waals surface area contributed by atoms with Crippen LogP contribution in [0, 0.1) is 13.8 Å². The fourth-order valence-corrected chi connectivity index (χ4v) is 4.29. The van der Waals surface area contributed by atoms with E-state index >= 15 is 0 Å². The molecule has 3 rings (SSSR count). The quantitative estimate of drug-likeness (QED) is 0.373. The van der Waals surface area contributed by atoms with E-state index < -0.39 is 0 Å². The third-order valence-corrected chi connectivity index (χ3v) is 6.31. The van der Waals surface area contributed by atoms with E-state index in [1.165, 1.54) is 17.3 Å². The lowest BCUT2D eigenvalue weighted by Gasteiger charge is -2.17. The van der Waals surface area contributed by atoms with Gasteiger partial charge in [0.1, 0.15) is 0 Å². The molecule has 0 unspecified atom stereocenters. The molecular formula is C24H27NO3S2. The van der Waals surface area contributed by atoms with Crippen LogP contribution in [0.5, 0.6) is 11.5 Å². The van der Waals surface area contributed by atoms with Gasteiger partial charge in [-0.2, -0.15) is 0 Å². The van der Waals surface area contributed by atoms with Crippen LogP contribution in [0.25, 0.3) is 6.08 Å². The predicted molar refractivity (Wildman–Crippen MR) is 130 cm³/mol. The standard InChI is InChI=1S/C24H27NO3S2/c1-6-17(5)28-20-11-9-18(13-21(20)27-7-2)14-22-23(26)25(24(29)30-22)19-10-8-15(3)16(4)12-19/h8-14,17H,6-7H2,1-5H3/b22-14+/t17-/m1/s1. The van der Waals surface area contributed by atoms with Gasteiger partial charge in [-0.05, 0) is 81.1 Å². The number of hydrogen-bond acceptors (Lipinski definition) is 5. The van der Waals surface area contributed by atoms with Gasteiger partial charge in [0.15, 0.2) is 15.8 Å². The second-order valence-corrected chi connectivity index (χ2v) is 8.94. The highest BCUT2D eigenvalue weighted by Crippen LogP contribution is 2.38. The molecule has 0 spiro atoms. The van der Waals surface area contributed by atoms with Gasteiger partial charge < -0.3 is 9.47 Å². The second-order valence-electron chi connectivity index (χ2n) is 7.26. The first-order chi connectivity index (χ1) is 14.3. The summed E-state index contributed by atoms with van der Waals surface area (Å²) in [5, 5.41) is 0. The average molecular weight is 442 g/mol. The van der Waals surface area contributed by atoms with Crippen LogP contribution in [0.4, 0.5) is 5.69 Å². The van der Waals surface area contributed by atoms with Crippen LogP contribution >= 0.6 is 24.0 Å². The van der Waals surface area contributed by atoms with Crippen molar-refractivity contribution in [3.63, 3.8) is 0 Å². The van der Waals surface area contributed by atoms with Gasteiger partial charge in [-0.15, -0.1) is 0 Å². The van der Waals surface area contributed by atoms with Gasteiger partial charge in [0, 0.05) is 0 Å². The fourth-order valence-electron chi connectivity index (χ4n) is 2.99. The maximum Gasteiger partial charge on any atom is 0.270 e. The Kier molecular flexibility index (Phi) is 7.21. The van der Waals surface area contributed by atoms with Crippen molar-refractivity contribution < 1.29 is 14.3 Å². The van der Waals surface area contributed by atoms with Crippen LogP contribution in [0.15, 0.2) is 41.3 Å². The number of carbonyl (C=O) groups is 1. The molecule has 0 radical (unpaired) electrons. The third-order valence-electron chi connectivity index (χ3n) is 5.01. The summed E-state index contributed by atoms with van der Waals surface area (Å²) in [6, 6.07) is 11.7. The van der Waals surface area contributed by atoms with E-state index in [2.05, 4.69) is 6.92 Å². The lowest BCUT2D eigenvalue weighted by Crippen LogP contribution is -2.27. The summed E-state index contributed by atoms with van der Waals surface area (Å²) in [7, 11) is 0. The molecule has 0 aromatic heterocycles. The molecule has 1 amide bonds. The highest BCUT2D eigenvalue weighted by Gasteiger charge is 2.33. The van der Waals surface area contributed by atoms with E-state index in [0.29, 0.717) is 27.3 Å². The Bertz CT molecular complexity index is 1000. The lowest BCUT2D eigenvalue weighted by molar-refractivity contribution is -0.113. The summed E-state index contributed by atoms with van der Waals surface area (Å²) in [5.41, 5.74) is 3.98. The first-order valence-corrected chi connectivity index (χ1v) is 11.3. The number of thioether (sulfide) groups is 1. The van der Waals surface area contributed by atoms with Crippen molar-refractivity contribution >= 4 is 46.0 Å². The van der Waals surface area contributed by atoms with Crippen molar-refractivity contribution in [1.29, 1.82) is 0 Å². The van der Waals surface area contributed by atoms with Gasteiger partial charge in [0.2, 0.25) is 0 Å². The van der Waals surface area contributed by atoms with E-state index in [9.17, 15) is 4.79 Å². The Balaban J connectivity index is 1.89. The molecular weight excluding hydrogens is 414 g/mol. The first-order valence-electron chi connectivity index (χ1n) is 10.1. The van der Waals surface area contributed by atoms with Crippen molar-refractivity contribution in [2.45, 2.75) is 47.1 Å². The van der Waals surface area contributed by atoms with Crippen molar-refractivity contribution in [3.8, 4) is 11.5 Å². The van der Waals surface area contributed by atoms with E-state index in [1.54, 1.807) is 4.90 Å². The molecule has 1 atom stereocenters. The number of rotatable bonds is 7. The molecule has 30 heavy (non-hydrogen) atoms. The topological polar surface area (TPSA) is 38.8 Å². The summed E-state index contributed by atoms with van der Waals surface area (Å²) < 4.78 is 12.3. The Morgan fingerprint density at radius 1 is 1.10 bits per heavy atom. The Hall–Kier alpha value is -2.31. The van der Waals surface area contributed by atoms with Crippen LogP contribution < -0.4 is 14.4 Å². The number of carbonyl (C=O) groups excluding carboxylic acids is 1. The summed E-state index contributed by atoms with van der Waals surface area (Å²) in [6.07, 6.45) is 2.87. The molecule has 158 valence electrons. The maximum atomic E-state index is 13.1. The summed E-state index contributed by atoms with van der Waals surface area (Å²) in [4.78, 5) is 15.3. The molecule has 0 saturated carbocycles. The predicted octanol–water partition coefficient (Wildman–Crippen LogP) is 6.29. The molecule has 1 saturated heterocycles. The van der Waals surface area contributed by atoms with Gasteiger partial charge in [-0.25, -0.2) is 0 Å². The lowest BCUT2D eigenvalue weighted by atomic mass is 10.1. The van der Waals surface area contributed by atoms with E-state index in [-0.39, 0.29) is 12.0 Å². The zero-order valence-corrected chi connectivity index (χ0v) is 19.7. The number of benzene rings is 2. The molecule has 1 heterocycles. The minimum absolute atomic E-state index is 0.101. The van der Waals surface area contributed by atoms with Gasteiger partial charge >= 0.3 is 0 Å². The zero-order valence-electron chi connectivity index (χ0n) is 18.0. The molecule has 2 aromatic rings. The highest BCUT2D eigenvalue weighted by atomic mass is 32.2. The van der Waals surface area contributed by atoms with Gasteiger partial charge in [-0.1, -0.05) is 43.0 Å². The SMILES string of the molecule is CCOc1cc(/C=C2/SC(=S)N(c3ccc(C)c(C)c3)C2=O)ccc1O[C@H](C)CC. The summed E-state index contributed by atoms with van der Waals surface area (Å²) >= 11 is 6.82. The molecule has 1 aliphatic heterocycles. The molecule has 1 aliphatic rings. The van der Waals surface area contributed by atoms with Crippen molar-refractivity contribution in [1.82, 2.24) is 0 Å². The minimum Gasteiger partial charge on any atom is -0.490 e. The summed E-state index contributed by atoms with van der Waals surface area (Å²) in [5.74, 6) is 1.29. The van der Waals surface area contributed by atoms with Crippen molar-refractivity contribution in [2.24, 2.45) is 0 Å².